The second-order valence-electron chi connectivity index (χ2n) is 12.3. The average molecular weight is 597 g/mol. The van der Waals surface area contributed by atoms with E-state index in [1.165, 1.54) is 12.8 Å². The number of aromatic hydroxyl groups is 1. The zero-order valence-electron chi connectivity index (χ0n) is 24.1. The zero-order valence-corrected chi connectivity index (χ0v) is 24.9. The monoisotopic (exact) mass is 596 g/mol. The van der Waals surface area contributed by atoms with E-state index in [-0.39, 0.29) is 23.7 Å². The molecule has 5 aromatic rings. The van der Waals surface area contributed by atoms with Gasteiger partial charge in [-0.2, -0.15) is 0 Å². The Kier molecular flexibility index (Phi) is 6.00. The van der Waals surface area contributed by atoms with Crippen molar-refractivity contribution in [2.75, 3.05) is 13.7 Å². The van der Waals surface area contributed by atoms with Crippen LogP contribution in [-0.2, 0) is 13.6 Å². The number of phenolic OH excluding ortho intramolecular Hbond substituents is 1. The molecule has 9 nitrogen and oxygen atoms in total. The number of fused-ring (bicyclic) bond motifs is 4. The maximum absolute atomic E-state index is 13.7. The Balaban J connectivity index is 1.24. The van der Waals surface area contributed by atoms with Gasteiger partial charge in [-0.15, -0.1) is 0 Å². The average Bonchev–Trinajstić information content (AvgIpc) is 3.42. The number of rotatable bonds is 6. The summed E-state index contributed by atoms with van der Waals surface area (Å²) < 4.78 is 10.2. The molecule has 3 atom stereocenters. The fourth-order valence-electron chi connectivity index (χ4n) is 7.15. The van der Waals surface area contributed by atoms with Crippen molar-refractivity contribution in [3.05, 3.63) is 59.1 Å². The van der Waals surface area contributed by atoms with Crippen LogP contribution in [0.3, 0.4) is 0 Å². The van der Waals surface area contributed by atoms with E-state index in [1.54, 1.807) is 19.2 Å². The molecule has 3 fully saturated rings. The number of halogens is 1. The number of aryl methyl sites for hydroxylation is 1. The summed E-state index contributed by atoms with van der Waals surface area (Å²) in [5, 5.41) is 11.2. The van der Waals surface area contributed by atoms with Crippen molar-refractivity contribution in [2.45, 2.75) is 44.3 Å². The van der Waals surface area contributed by atoms with Crippen molar-refractivity contribution in [3.63, 3.8) is 0 Å². The molecule has 10 heteroatoms. The summed E-state index contributed by atoms with van der Waals surface area (Å²) in [4.78, 5) is 25.8. The lowest BCUT2D eigenvalue weighted by Crippen LogP contribution is -2.41. The standard InChI is InChI=1S/C33H33ClN6O3/c1-38-30-24(12-21(14-28(30)43-2)33(42)40-16-20-6-9-25(40)29(20)35)37-32(38)26-13-19-5-8-23(18-7-10-27(41)22(34)11-18)36-31(19)39(26)15-17-3-4-17/h5,7-8,10-14,17,20,25,29,41H,3-4,6,9,15-16,35H2,1-2H3/t20-,25-,29-/m1/s1. The molecule has 2 saturated carbocycles. The molecule has 1 aliphatic heterocycles. The Morgan fingerprint density at radius 1 is 1.09 bits per heavy atom. The highest BCUT2D eigenvalue weighted by Gasteiger charge is 2.47. The first-order valence-electron chi connectivity index (χ1n) is 14.9. The van der Waals surface area contributed by atoms with E-state index in [0.29, 0.717) is 40.2 Å². The van der Waals surface area contributed by atoms with E-state index < -0.39 is 0 Å². The van der Waals surface area contributed by atoms with Gasteiger partial charge in [0.2, 0.25) is 0 Å². The molecule has 3 N–H and O–H groups in total. The van der Waals surface area contributed by atoms with Crippen LogP contribution in [0, 0.1) is 11.8 Å². The molecule has 0 radical (unpaired) electrons. The van der Waals surface area contributed by atoms with E-state index in [2.05, 4.69) is 21.3 Å². The molecule has 3 aliphatic rings. The van der Waals surface area contributed by atoms with Gasteiger partial charge in [-0.05, 0) is 86.1 Å². The molecule has 2 bridgehead atoms. The van der Waals surface area contributed by atoms with E-state index in [4.69, 9.17) is 32.0 Å². The number of amides is 1. The van der Waals surface area contributed by atoms with Crippen molar-refractivity contribution in [3.8, 4) is 34.3 Å². The first-order chi connectivity index (χ1) is 20.8. The molecule has 4 heterocycles. The Morgan fingerprint density at radius 3 is 2.63 bits per heavy atom. The number of nitrogens with zero attached hydrogens (tertiary/aromatic N) is 5. The maximum atomic E-state index is 13.7. The first kappa shape index (κ1) is 26.5. The van der Waals surface area contributed by atoms with Crippen LogP contribution < -0.4 is 10.5 Å². The lowest BCUT2D eigenvalue weighted by molar-refractivity contribution is 0.0700. The number of phenols is 1. The largest absolute Gasteiger partial charge is 0.506 e. The number of methoxy groups -OCH3 is 1. The number of hydrogen-bond acceptors (Lipinski definition) is 6. The Bertz CT molecular complexity index is 1940. The van der Waals surface area contributed by atoms with Crippen LogP contribution in [0.2, 0.25) is 5.02 Å². The summed E-state index contributed by atoms with van der Waals surface area (Å²) in [7, 11) is 3.62. The Morgan fingerprint density at radius 2 is 1.93 bits per heavy atom. The Labute approximate surface area is 253 Å². The number of carbonyl (C=O) groups excluding carboxylic acids is 1. The summed E-state index contributed by atoms with van der Waals surface area (Å²) in [6.07, 6.45) is 4.44. The quantitative estimate of drug-likeness (QED) is 0.264. The van der Waals surface area contributed by atoms with Crippen LogP contribution in [0.1, 0.15) is 36.0 Å². The van der Waals surface area contributed by atoms with Gasteiger partial charge < -0.3 is 29.6 Å². The highest BCUT2D eigenvalue weighted by Crippen LogP contribution is 2.40. The number of ether oxygens (including phenoxy) is 1. The minimum Gasteiger partial charge on any atom is -0.506 e. The van der Waals surface area contributed by atoms with Gasteiger partial charge in [-0.3, -0.25) is 4.79 Å². The molecule has 1 saturated heterocycles. The fourth-order valence-corrected chi connectivity index (χ4v) is 7.33. The van der Waals surface area contributed by atoms with Gasteiger partial charge in [-0.1, -0.05) is 11.6 Å². The van der Waals surface area contributed by atoms with Crippen LogP contribution in [0.5, 0.6) is 11.5 Å². The number of benzene rings is 2. The highest BCUT2D eigenvalue weighted by atomic mass is 35.5. The zero-order chi connectivity index (χ0) is 29.6. The minimum absolute atomic E-state index is 0.0102. The highest BCUT2D eigenvalue weighted by molar-refractivity contribution is 6.32. The number of imidazole rings is 1. The van der Waals surface area contributed by atoms with Gasteiger partial charge in [0.1, 0.15) is 22.7 Å². The summed E-state index contributed by atoms with van der Waals surface area (Å²) in [5.74, 6) is 2.42. The molecular formula is C33H33ClN6O3. The Hall–Kier alpha value is -4.08. The van der Waals surface area contributed by atoms with Gasteiger partial charge in [0.05, 0.1) is 29.0 Å². The van der Waals surface area contributed by atoms with Crippen LogP contribution in [0.15, 0.2) is 48.5 Å². The van der Waals surface area contributed by atoms with E-state index in [1.807, 2.05) is 36.2 Å². The van der Waals surface area contributed by atoms with Crippen molar-refractivity contribution >= 4 is 39.6 Å². The third-order valence-corrected chi connectivity index (χ3v) is 9.97. The van der Waals surface area contributed by atoms with Gasteiger partial charge in [0.15, 0.2) is 5.82 Å². The van der Waals surface area contributed by atoms with Crippen molar-refractivity contribution in [1.29, 1.82) is 0 Å². The molecule has 2 aliphatic carbocycles. The lowest BCUT2D eigenvalue weighted by Gasteiger charge is -2.27. The molecular weight excluding hydrogens is 564 g/mol. The second kappa shape index (κ2) is 9.72. The number of aromatic nitrogens is 4. The molecule has 8 rings (SSSR count). The van der Waals surface area contributed by atoms with Crippen LogP contribution >= 0.6 is 11.6 Å². The normalized spacial score (nSPS) is 21.4. The predicted octanol–water partition coefficient (Wildman–Crippen LogP) is 5.60. The number of hydrogen-bond donors (Lipinski definition) is 2. The summed E-state index contributed by atoms with van der Waals surface area (Å²) in [5.41, 5.74) is 12.0. The first-order valence-corrected chi connectivity index (χ1v) is 15.3. The fraction of sp³-hybridized carbons (Fsp3) is 0.364. The molecule has 3 aromatic heterocycles. The molecule has 2 aromatic carbocycles. The summed E-state index contributed by atoms with van der Waals surface area (Å²) >= 11 is 6.21. The van der Waals surface area contributed by atoms with Gasteiger partial charge in [0, 0.05) is 48.7 Å². The number of piperidine rings is 1. The third-order valence-electron chi connectivity index (χ3n) is 9.67. The topological polar surface area (TPSA) is 111 Å². The van der Waals surface area contributed by atoms with Crippen molar-refractivity contribution < 1.29 is 14.6 Å². The smallest absolute Gasteiger partial charge is 0.254 e. The third kappa shape index (κ3) is 4.20. The molecule has 1 amide bonds. The lowest BCUT2D eigenvalue weighted by atomic mass is 10.1. The number of nitrogens with two attached hydrogens (primary N) is 1. The number of pyridine rings is 1. The van der Waals surface area contributed by atoms with Gasteiger partial charge in [-0.25, -0.2) is 9.97 Å². The van der Waals surface area contributed by atoms with Crippen LogP contribution in [0.4, 0.5) is 0 Å². The predicted molar refractivity (Wildman–Crippen MR) is 166 cm³/mol. The number of carbonyl (C=O) groups is 1. The minimum atomic E-state index is -0.0102. The van der Waals surface area contributed by atoms with E-state index in [9.17, 15) is 9.90 Å². The van der Waals surface area contributed by atoms with Gasteiger partial charge >= 0.3 is 0 Å². The number of likely N-dealkylation sites (tertiary alicyclic amines) is 1. The summed E-state index contributed by atoms with van der Waals surface area (Å²) in [6, 6.07) is 15.2. The maximum Gasteiger partial charge on any atom is 0.254 e. The summed E-state index contributed by atoms with van der Waals surface area (Å²) in [6.45, 7) is 1.55. The molecule has 0 unspecified atom stereocenters. The molecule has 43 heavy (non-hydrogen) atoms. The second-order valence-corrected chi connectivity index (χ2v) is 12.7. The SMILES string of the molecule is COc1cc(C(=O)N2C[C@H]3CC[C@@H]2[C@@H]3N)cc2nc(-c3cc4ccc(-c5ccc(O)c(Cl)c5)nc4n3CC3CC3)n(C)c12. The molecule has 220 valence electrons. The van der Waals surface area contributed by atoms with Crippen LogP contribution in [-0.4, -0.2) is 60.8 Å². The van der Waals surface area contributed by atoms with Gasteiger partial charge in [0.25, 0.3) is 5.91 Å². The van der Waals surface area contributed by atoms with Crippen molar-refractivity contribution in [2.24, 2.45) is 24.6 Å². The van der Waals surface area contributed by atoms with E-state index in [0.717, 1.165) is 58.7 Å². The van der Waals surface area contributed by atoms with Crippen LogP contribution in [0.25, 0.3) is 44.8 Å². The molecule has 0 spiro atoms. The van der Waals surface area contributed by atoms with E-state index >= 15 is 0 Å². The van der Waals surface area contributed by atoms with Crippen molar-refractivity contribution in [1.82, 2.24) is 24.0 Å².